The van der Waals surface area contributed by atoms with Gasteiger partial charge in [-0.05, 0) is 31.3 Å². The molecule has 1 atom stereocenters. The second kappa shape index (κ2) is 3.99. The molecule has 1 unspecified atom stereocenters. The molecule has 2 heteroatoms. The lowest BCUT2D eigenvalue weighted by Crippen LogP contribution is -2.10. The standard InChI is InChI=1S/C12H16O2/c1-2-6-11-9-7-4-3-5-8-10(9)12(13)14-11/h2,11H,1,3-8H2. The largest absolute Gasteiger partial charge is 0.454 e. The lowest BCUT2D eigenvalue weighted by molar-refractivity contribution is -0.139. The molecule has 1 aliphatic carbocycles. The van der Waals surface area contributed by atoms with Gasteiger partial charge in [0.25, 0.3) is 0 Å². The van der Waals surface area contributed by atoms with E-state index >= 15 is 0 Å². The molecule has 0 saturated carbocycles. The van der Waals surface area contributed by atoms with Crippen molar-refractivity contribution in [1.82, 2.24) is 0 Å². The van der Waals surface area contributed by atoms with Crippen LogP contribution in [0.15, 0.2) is 23.8 Å². The number of hydrogen-bond donors (Lipinski definition) is 0. The van der Waals surface area contributed by atoms with Gasteiger partial charge in [0.2, 0.25) is 0 Å². The van der Waals surface area contributed by atoms with Gasteiger partial charge >= 0.3 is 5.97 Å². The van der Waals surface area contributed by atoms with Crippen LogP contribution in [0.1, 0.15) is 38.5 Å². The Hall–Kier alpha value is -1.05. The Kier molecular flexibility index (Phi) is 2.71. The first kappa shape index (κ1) is 9.50. The second-order valence-electron chi connectivity index (χ2n) is 3.98. The summed E-state index contributed by atoms with van der Waals surface area (Å²) in [4.78, 5) is 11.5. The van der Waals surface area contributed by atoms with Crippen molar-refractivity contribution >= 4 is 5.97 Å². The fourth-order valence-electron chi connectivity index (χ4n) is 2.31. The minimum Gasteiger partial charge on any atom is -0.454 e. The maximum absolute atomic E-state index is 11.5. The number of cyclic esters (lactones) is 1. The highest BCUT2D eigenvalue weighted by Crippen LogP contribution is 2.34. The molecule has 0 fully saturated rings. The molecule has 0 bridgehead atoms. The smallest absolute Gasteiger partial charge is 0.334 e. The minimum absolute atomic E-state index is 0.00750. The van der Waals surface area contributed by atoms with Crippen molar-refractivity contribution in [3.8, 4) is 0 Å². The first-order chi connectivity index (χ1) is 6.83. The first-order valence-electron chi connectivity index (χ1n) is 5.36. The van der Waals surface area contributed by atoms with Crippen LogP contribution in [0, 0.1) is 0 Å². The zero-order chi connectivity index (χ0) is 9.97. The van der Waals surface area contributed by atoms with E-state index in [4.69, 9.17) is 4.74 Å². The lowest BCUT2D eigenvalue weighted by atomic mass is 9.99. The number of rotatable bonds is 2. The predicted octanol–water partition coefficient (Wildman–Crippen LogP) is 2.75. The van der Waals surface area contributed by atoms with Crippen LogP contribution in [0.2, 0.25) is 0 Å². The van der Waals surface area contributed by atoms with E-state index in [1.165, 1.54) is 18.4 Å². The topological polar surface area (TPSA) is 26.3 Å². The van der Waals surface area contributed by atoms with Crippen molar-refractivity contribution in [1.29, 1.82) is 0 Å². The summed E-state index contributed by atoms with van der Waals surface area (Å²) < 4.78 is 5.32. The zero-order valence-corrected chi connectivity index (χ0v) is 8.42. The molecular formula is C12H16O2. The highest BCUT2D eigenvalue weighted by Gasteiger charge is 2.32. The van der Waals surface area contributed by atoms with Crippen LogP contribution < -0.4 is 0 Å². The molecule has 76 valence electrons. The zero-order valence-electron chi connectivity index (χ0n) is 8.42. The summed E-state index contributed by atoms with van der Waals surface area (Å²) in [7, 11) is 0. The van der Waals surface area contributed by atoms with Crippen LogP contribution in [0.3, 0.4) is 0 Å². The predicted molar refractivity (Wildman–Crippen MR) is 54.8 cm³/mol. The number of ether oxygens (including phenoxy) is 1. The average Bonchev–Trinajstić information content (AvgIpc) is 2.41. The second-order valence-corrected chi connectivity index (χ2v) is 3.98. The molecule has 0 aromatic rings. The van der Waals surface area contributed by atoms with Crippen LogP contribution >= 0.6 is 0 Å². The first-order valence-corrected chi connectivity index (χ1v) is 5.36. The van der Waals surface area contributed by atoms with Crippen molar-refractivity contribution in [2.24, 2.45) is 0 Å². The van der Waals surface area contributed by atoms with E-state index in [1.54, 1.807) is 0 Å². The van der Waals surface area contributed by atoms with Crippen LogP contribution in [0.25, 0.3) is 0 Å². The quantitative estimate of drug-likeness (QED) is 0.496. The Morgan fingerprint density at radius 1 is 1.36 bits per heavy atom. The monoisotopic (exact) mass is 192 g/mol. The highest BCUT2D eigenvalue weighted by molar-refractivity contribution is 5.92. The average molecular weight is 192 g/mol. The highest BCUT2D eigenvalue weighted by atomic mass is 16.5. The van der Waals surface area contributed by atoms with E-state index in [9.17, 15) is 4.79 Å². The third-order valence-electron chi connectivity index (χ3n) is 3.03. The van der Waals surface area contributed by atoms with Crippen molar-refractivity contribution < 1.29 is 9.53 Å². The molecule has 0 spiro atoms. The molecule has 0 aromatic heterocycles. The normalized spacial score (nSPS) is 26.9. The van der Waals surface area contributed by atoms with Gasteiger partial charge in [0, 0.05) is 12.0 Å². The van der Waals surface area contributed by atoms with Crippen LogP contribution in [0.5, 0.6) is 0 Å². The van der Waals surface area contributed by atoms with Crippen molar-refractivity contribution in [3.63, 3.8) is 0 Å². The molecule has 0 saturated heterocycles. The van der Waals surface area contributed by atoms with E-state index in [1.807, 2.05) is 6.08 Å². The van der Waals surface area contributed by atoms with Gasteiger partial charge in [0.15, 0.2) is 0 Å². The number of esters is 1. The van der Waals surface area contributed by atoms with E-state index in [-0.39, 0.29) is 12.1 Å². The molecule has 0 aromatic carbocycles. The molecule has 2 aliphatic rings. The van der Waals surface area contributed by atoms with Crippen LogP contribution in [-0.2, 0) is 9.53 Å². The minimum atomic E-state index is -0.0752. The van der Waals surface area contributed by atoms with Crippen LogP contribution in [-0.4, -0.2) is 12.1 Å². The molecule has 1 aliphatic heterocycles. The van der Waals surface area contributed by atoms with Gasteiger partial charge in [-0.25, -0.2) is 4.79 Å². The van der Waals surface area contributed by atoms with Gasteiger partial charge in [-0.1, -0.05) is 12.5 Å². The molecule has 14 heavy (non-hydrogen) atoms. The summed E-state index contributed by atoms with van der Waals surface area (Å²) in [5.41, 5.74) is 2.22. The maximum atomic E-state index is 11.5. The fraction of sp³-hybridized carbons (Fsp3) is 0.583. The van der Waals surface area contributed by atoms with Gasteiger partial charge in [-0.3, -0.25) is 0 Å². The molecular weight excluding hydrogens is 176 g/mol. The maximum Gasteiger partial charge on any atom is 0.334 e. The third kappa shape index (κ3) is 1.61. The Labute approximate surface area is 84.6 Å². The molecule has 0 N–H and O–H groups in total. The van der Waals surface area contributed by atoms with Crippen molar-refractivity contribution in [2.75, 3.05) is 0 Å². The summed E-state index contributed by atoms with van der Waals surface area (Å²) in [6, 6.07) is 0. The van der Waals surface area contributed by atoms with Crippen molar-refractivity contribution in [2.45, 2.75) is 44.6 Å². The SMILES string of the molecule is C=CCC1OC(=O)C2=C1CCCCC2. The van der Waals surface area contributed by atoms with E-state index in [0.29, 0.717) is 0 Å². The Morgan fingerprint density at radius 3 is 2.93 bits per heavy atom. The fourth-order valence-corrected chi connectivity index (χ4v) is 2.31. The Balaban J connectivity index is 2.21. The summed E-state index contributed by atoms with van der Waals surface area (Å²) in [6.45, 7) is 3.70. The van der Waals surface area contributed by atoms with E-state index in [0.717, 1.165) is 31.3 Å². The Morgan fingerprint density at radius 2 is 2.14 bits per heavy atom. The van der Waals surface area contributed by atoms with Gasteiger partial charge in [-0.2, -0.15) is 0 Å². The number of hydrogen-bond acceptors (Lipinski definition) is 2. The molecule has 2 rings (SSSR count). The Bertz CT molecular complexity index is 289. The van der Waals surface area contributed by atoms with Gasteiger partial charge in [0.05, 0.1) is 0 Å². The van der Waals surface area contributed by atoms with Gasteiger partial charge in [0.1, 0.15) is 6.10 Å². The lowest BCUT2D eigenvalue weighted by Gasteiger charge is -2.11. The van der Waals surface area contributed by atoms with Crippen LogP contribution in [0.4, 0.5) is 0 Å². The van der Waals surface area contributed by atoms with E-state index < -0.39 is 0 Å². The van der Waals surface area contributed by atoms with Gasteiger partial charge < -0.3 is 4.74 Å². The molecule has 0 amide bonds. The number of carbonyl (C=O) groups excluding carboxylic acids is 1. The summed E-state index contributed by atoms with van der Waals surface area (Å²) in [5, 5.41) is 0. The van der Waals surface area contributed by atoms with Gasteiger partial charge in [-0.15, -0.1) is 6.58 Å². The molecule has 2 nitrogen and oxygen atoms in total. The number of carbonyl (C=O) groups is 1. The summed E-state index contributed by atoms with van der Waals surface area (Å²) in [6.07, 6.45) is 8.14. The van der Waals surface area contributed by atoms with Crippen molar-refractivity contribution in [3.05, 3.63) is 23.8 Å². The summed E-state index contributed by atoms with van der Waals surface area (Å²) in [5.74, 6) is -0.0752. The van der Waals surface area contributed by atoms with E-state index in [2.05, 4.69) is 6.58 Å². The third-order valence-corrected chi connectivity index (χ3v) is 3.03. The molecule has 1 heterocycles. The summed E-state index contributed by atoms with van der Waals surface area (Å²) >= 11 is 0. The molecule has 0 radical (unpaired) electrons.